The molecule has 1 aliphatic rings. The van der Waals surface area contributed by atoms with Gasteiger partial charge in [0.25, 0.3) is 0 Å². The van der Waals surface area contributed by atoms with Crippen LogP contribution in [0.1, 0.15) is 25.3 Å². The number of thiophene rings is 1. The lowest BCUT2D eigenvalue weighted by atomic mass is 10.4. The average Bonchev–Trinajstić information content (AvgIpc) is 3.10. The molecule has 0 aliphatic heterocycles. The summed E-state index contributed by atoms with van der Waals surface area (Å²) in [5, 5.41) is 1.79. The molecule has 1 aromatic rings. The zero-order valence-corrected chi connectivity index (χ0v) is 12.8. The smallest absolute Gasteiger partial charge is 0.250 e. The first-order valence-electron chi connectivity index (χ1n) is 6.58. The van der Waals surface area contributed by atoms with E-state index in [0.29, 0.717) is 23.3 Å². The number of hydrogen-bond acceptors (Lipinski definition) is 5. The Morgan fingerprint density at radius 3 is 2.79 bits per heavy atom. The molecule has 19 heavy (non-hydrogen) atoms. The van der Waals surface area contributed by atoms with Crippen molar-refractivity contribution in [3.05, 3.63) is 17.0 Å². The number of rotatable bonds is 8. The van der Waals surface area contributed by atoms with Gasteiger partial charge in [0.2, 0.25) is 10.0 Å². The van der Waals surface area contributed by atoms with Crippen LogP contribution < -0.4 is 10.5 Å². The lowest BCUT2D eigenvalue weighted by Gasteiger charge is -2.19. The number of nitrogens with two attached hydrogens (primary N) is 1. The molecule has 1 saturated carbocycles. The number of hydrogen-bond donors (Lipinski definition) is 2. The lowest BCUT2D eigenvalue weighted by Crippen LogP contribution is -2.35. The van der Waals surface area contributed by atoms with Crippen molar-refractivity contribution in [2.24, 2.45) is 5.73 Å². The van der Waals surface area contributed by atoms with Gasteiger partial charge in [0, 0.05) is 25.7 Å². The van der Waals surface area contributed by atoms with Gasteiger partial charge in [-0.2, -0.15) is 0 Å². The molecule has 0 unspecified atom stereocenters. The third kappa shape index (κ3) is 4.00. The van der Waals surface area contributed by atoms with Gasteiger partial charge in [0.05, 0.1) is 0 Å². The predicted octanol–water partition coefficient (Wildman–Crippen LogP) is 0.969. The van der Waals surface area contributed by atoms with Crippen LogP contribution in [0.4, 0.5) is 0 Å². The second-order valence-corrected chi connectivity index (χ2v) is 7.64. The van der Waals surface area contributed by atoms with E-state index in [0.717, 1.165) is 18.7 Å². The highest BCUT2D eigenvalue weighted by Crippen LogP contribution is 2.26. The molecule has 1 aromatic heterocycles. The first-order chi connectivity index (χ1) is 9.06. The molecule has 3 N–H and O–H groups in total. The molecular formula is C12H21N3O2S2. The molecule has 0 atom stereocenters. The highest BCUT2D eigenvalue weighted by atomic mass is 32.2. The molecule has 5 nitrogen and oxygen atoms in total. The van der Waals surface area contributed by atoms with Gasteiger partial charge in [0.15, 0.2) is 0 Å². The van der Waals surface area contributed by atoms with Gasteiger partial charge in [-0.1, -0.05) is 6.92 Å². The molecule has 7 heteroatoms. The van der Waals surface area contributed by atoms with Crippen molar-refractivity contribution >= 4 is 21.4 Å². The molecule has 0 radical (unpaired) electrons. The fourth-order valence-electron chi connectivity index (χ4n) is 2.03. The van der Waals surface area contributed by atoms with Gasteiger partial charge in [-0.05, 0) is 36.4 Å². The van der Waals surface area contributed by atoms with Crippen molar-refractivity contribution < 1.29 is 8.42 Å². The molecule has 0 spiro atoms. The van der Waals surface area contributed by atoms with Crippen LogP contribution in [0.15, 0.2) is 15.7 Å². The van der Waals surface area contributed by atoms with Gasteiger partial charge in [0.1, 0.15) is 4.21 Å². The third-order valence-electron chi connectivity index (χ3n) is 3.29. The van der Waals surface area contributed by atoms with Crippen LogP contribution in [0.3, 0.4) is 0 Å². The number of likely N-dealkylation sites (N-methyl/N-ethyl adjacent to an activating group) is 1. The average molecular weight is 303 g/mol. The van der Waals surface area contributed by atoms with Gasteiger partial charge in [-0.3, -0.25) is 4.90 Å². The van der Waals surface area contributed by atoms with E-state index in [2.05, 4.69) is 16.5 Å². The maximum atomic E-state index is 12.1. The van der Waals surface area contributed by atoms with Gasteiger partial charge >= 0.3 is 0 Å². The molecular weight excluding hydrogens is 282 g/mol. The van der Waals surface area contributed by atoms with E-state index in [4.69, 9.17) is 5.73 Å². The molecule has 0 bridgehead atoms. The fourth-order valence-corrected chi connectivity index (χ4v) is 4.32. The third-order valence-corrected chi connectivity index (χ3v) is 6.24. The van der Waals surface area contributed by atoms with E-state index in [1.807, 2.05) is 0 Å². The summed E-state index contributed by atoms with van der Waals surface area (Å²) in [5.74, 6) is 0. The Hall–Kier alpha value is -0.470. The van der Waals surface area contributed by atoms with Crippen molar-refractivity contribution in [3.8, 4) is 0 Å². The predicted molar refractivity (Wildman–Crippen MR) is 77.7 cm³/mol. The molecule has 0 saturated heterocycles. The van der Waals surface area contributed by atoms with Crippen LogP contribution in [0.5, 0.6) is 0 Å². The molecule has 1 fully saturated rings. The van der Waals surface area contributed by atoms with Crippen molar-refractivity contribution in [3.63, 3.8) is 0 Å². The topological polar surface area (TPSA) is 75.4 Å². The Morgan fingerprint density at radius 1 is 1.53 bits per heavy atom. The zero-order valence-electron chi connectivity index (χ0n) is 11.1. The van der Waals surface area contributed by atoms with E-state index in [-0.39, 0.29) is 0 Å². The lowest BCUT2D eigenvalue weighted by molar-refractivity contribution is 0.282. The number of nitrogens with zero attached hydrogens (tertiary/aromatic N) is 1. The molecule has 0 amide bonds. The van der Waals surface area contributed by atoms with E-state index in [1.54, 1.807) is 11.4 Å². The quantitative estimate of drug-likeness (QED) is 0.750. The van der Waals surface area contributed by atoms with Crippen molar-refractivity contribution in [1.29, 1.82) is 0 Å². The minimum absolute atomic E-state index is 0.349. The maximum absolute atomic E-state index is 12.1. The van der Waals surface area contributed by atoms with Crippen LogP contribution in [0.2, 0.25) is 0 Å². The summed E-state index contributed by atoms with van der Waals surface area (Å²) in [7, 11) is -3.37. The van der Waals surface area contributed by atoms with Crippen LogP contribution in [0.25, 0.3) is 0 Å². The number of nitrogens with one attached hydrogen (secondary N) is 1. The minimum atomic E-state index is -3.37. The summed E-state index contributed by atoms with van der Waals surface area (Å²) >= 11 is 1.22. The Labute approximate surface area is 118 Å². The summed E-state index contributed by atoms with van der Waals surface area (Å²) in [6, 6.07) is 2.31. The Morgan fingerprint density at radius 2 is 2.26 bits per heavy atom. The summed E-state index contributed by atoms with van der Waals surface area (Å²) in [6.07, 6.45) is 2.48. The molecule has 108 valence electrons. The largest absolute Gasteiger partial charge is 0.326 e. The molecule has 1 aliphatic carbocycles. The van der Waals surface area contributed by atoms with Crippen LogP contribution >= 0.6 is 11.3 Å². The normalized spacial score (nSPS) is 16.2. The second-order valence-electron chi connectivity index (χ2n) is 4.74. The van der Waals surface area contributed by atoms with Crippen LogP contribution in [-0.4, -0.2) is 39.0 Å². The van der Waals surface area contributed by atoms with E-state index >= 15 is 0 Å². The monoisotopic (exact) mass is 303 g/mol. The van der Waals surface area contributed by atoms with Crippen LogP contribution in [0, 0.1) is 0 Å². The van der Waals surface area contributed by atoms with Crippen molar-refractivity contribution in [2.45, 2.75) is 36.6 Å². The second kappa shape index (κ2) is 6.32. The molecule has 2 rings (SSSR count). The summed E-state index contributed by atoms with van der Waals surface area (Å²) in [4.78, 5) is 2.32. The highest BCUT2D eigenvalue weighted by Gasteiger charge is 2.27. The van der Waals surface area contributed by atoms with Crippen LogP contribution in [-0.2, 0) is 16.6 Å². The van der Waals surface area contributed by atoms with E-state index in [9.17, 15) is 8.42 Å². The summed E-state index contributed by atoms with van der Waals surface area (Å²) in [6.45, 7) is 4.69. The minimum Gasteiger partial charge on any atom is -0.326 e. The maximum Gasteiger partial charge on any atom is 0.250 e. The Bertz CT molecular complexity index is 509. The summed E-state index contributed by atoms with van der Waals surface area (Å²) in [5.41, 5.74) is 6.35. The zero-order chi connectivity index (χ0) is 13.9. The molecule has 0 aromatic carbocycles. The van der Waals surface area contributed by atoms with Crippen molar-refractivity contribution in [1.82, 2.24) is 9.62 Å². The van der Waals surface area contributed by atoms with Gasteiger partial charge in [-0.25, -0.2) is 13.1 Å². The standard InChI is InChI=1S/C12H21N3O2S2/c1-2-15(11-3-4-11)6-5-14-19(16,17)12-7-10(8-13)9-18-12/h7,9,11,14H,2-6,8,13H2,1H3. The summed E-state index contributed by atoms with van der Waals surface area (Å²) < 4.78 is 27.1. The first-order valence-corrected chi connectivity index (χ1v) is 8.94. The van der Waals surface area contributed by atoms with Gasteiger partial charge in [-0.15, -0.1) is 11.3 Å². The first kappa shape index (κ1) is 14.9. The Balaban J connectivity index is 1.86. The van der Waals surface area contributed by atoms with E-state index in [1.165, 1.54) is 24.2 Å². The SMILES string of the molecule is CCN(CCNS(=O)(=O)c1cc(CN)cs1)C1CC1. The van der Waals surface area contributed by atoms with E-state index < -0.39 is 10.0 Å². The molecule has 1 heterocycles. The van der Waals surface area contributed by atoms with Gasteiger partial charge < -0.3 is 5.73 Å². The fraction of sp³-hybridized carbons (Fsp3) is 0.667. The Kier molecular flexibility index (Phi) is 4.97. The van der Waals surface area contributed by atoms with Crippen molar-refractivity contribution in [2.75, 3.05) is 19.6 Å². The number of sulfonamides is 1. The highest BCUT2D eigenvalue weighted by molar-refractivity contribution is 7.91.